The first kappa shape index (κ1) is 14.4. The Balaban J connectivity index is 1.78. The molecular formula is C16H20N2O2. The monoisotopic (exact) mass is 272 g/mol. The molecule has 1 saturated carbocycles. The second kappa shape index (κ2) is 6.95. The summed E-state index contributed by atoms with van der Waals surface area (Å²) < 4.78 is 5.10. The highest BCUT2D eigenvalue weighted by molar-refractivity contribution is 5.76. The predicted molar refractivity (Wildman–Crippen MR) is 76.2 cm³/mol. The Morgan fingerprint density at radius 3 is 2.80 bits per heavy atom. The molecule has 1 amide bonds. The van der Waals surface area contributed by atoms with Gasteiger partial charge in [-0.1, -0.05) is 12.1 Å². The minimum atomic E-state index is -0.0139. The molecule has 0 spiro atoms. The van der Waals surface area contributed by atoms with Gasteiger partial charge < -0.3 is 10.1 Å². The molecular weight excluding hydrogens is 252 g/mol. The molecule has 106 valence electrons. The third kappa shape index (κ3) is 3.74. The van der Waals surface area contributed by atoms with Crippen molar-refractivity contribution in [2.24, 2.45) is 5.92 Å². The van der Waals surface area contributed by atoms with E-state index in [1.54, 1.807) is 7.11 Å². The van der Waals surface area contributed by atoms with Gasteiger partial charge in [0.2, 0.25) is 5.91 Å². The van der Waals surface area contributed by atoms with Crippen LogP contribution in [0.3, 0.4) is 0 Å². The summed E-state index contributed by atoms with van der Waals surface area (Å²) in [5.74, 6) is 0.842. The highest BCUT2D eigenvalue weighted by Crippen LogP contribution is 2.24. The van der Waals surface area contributed by atoms with Gasteiger partial charge in [-0.2, -0.15) is 5.26 Å². The van der Waals surface area contributed by atoms with Crippen molar-refractivity contribution in [3.8, 4) is 11.8 Å². The number of aryl methyl sites for hydroxylation is 1. The van der Waals surface area contributed by atoms with E-state index < -0.39 is 0 Å². The summed E-state index contributed by atoms with van der Waals surface area (Å²) in [6, 6.07) is 10.1. The van der Waals surface area contributed by atoms with Gasteiger partial charge >= 0.3 is 0 Å². The molecule has 1 aromatic carbocycles. The fourth-order valence-corrected chi connectivity index (χ4v) is 2.62. The zero-order valence-corrected chi connectivity index (χ0v) is 11.8. The van der Waals surface area contributed by atoms with Crippen LogP contribution < -0.4 is 10.1 Å². The van der Waals surface area contributed by atoms with Crippen LogP contribution in [-0.2, 0) is 11.2 Å². The molecule has 1 aliphatic carbocycles. The minimum absolute atomic E-state index is 0.0139. The van der Waals surface area contributed by atoms with Crippen LogP contribution in [0.1, 0.15) is 31.2 Å². The standard InChI is InChI=1S/C16H20N2O2/c1-20-14-8-5-12(6-9-14)7-10-16(19)18-15-4-2-3-13(15)11-17/h5-6,8-9,13,15H,2-4,7,10H2,1H3,(H,18,19). The molecule has 4 nitrogen and oxygen atoms in total. The Labute approximate surface area is 119 Å². The lowest BCUT2D eigenvalue weighted by Crippen LogP contribution is -2.36. The summed E-state index contributed by atoms with van der Waals surface area (Å²) >= 11 is 0. The second-order valence-electron chi connectivity index (χ2n) is 5.19. The first-order chi connectivity index (χ1) is 9.72. The number of rotatable bonds is 5. The number of hydrogen-bond donors (Lipinski definition) is 1. The fourth-order valence-electron chi connectivity index (χ4n) is 2.62. The zero-order valence-electron chi connectivity index (χ0n) is 11.8. The van der Waals surface area contributed by atoms with Crippen molar-refractivity contribution in [1.29, 1.82) is 5.26 Å². The van der Waals surface area contributed by atoms with Crippen LogP contribution in [0, 0.1) is 17.2 Å². The molecule has 0 aromatic heterocycles. The Morgan fingerprint density at radius 1 is 1.40 bits per heavy atom. The van der Waals surface area contributed by atoms with Crippen LogP contribution in [0.25, 0.3) is 0 Å². The van der Waals surface area contributed by atoms with Crippen molar-refractivity contribution in [3.63, 3.8) is 0 Å². The summed E-state index contributed by atoms with van der Waals surface area (Å²) in [5.41, 5.74) is 1.12. The predicted octanol–water partition coefficient (Wildman–Crippen LogP) is 2.44. The molecule has 1 N–H and O–H groups in total. The molecule has 0 radical (unpaired) electrons. The van der Waals surface area contributed by atoms with Crippen LogP contribution in [0.4, 0.5) is 0 Å². The van der Waals surface area contributed by atoms with E-state index >= 15 is 0 Å². The highest BCUT2D eigenvalue weighted by atomic mass is 16.5. The smallest absolute Gasteiger partial charge is 0.220 e. The van der Waals surface area contributed by atoms with Gasteiger partial charge in [-0.25, -0.2) is 0 Å². The van der Waals surface area contributed by atoms with Crippen LogP contribution in [0.2, 0.25) is 0 Å². The lowest BCUT2D eigenvalue weighted by molar-refractivity contribution is -0.121. The number of nitriles is 1. The van der Waals surface area contributed by atoms with E-state index in [0.29, 0.717) is 12.8 Å². The van der Waals surface area contributed by atoms with Gasteiger partial charge in [-0.3, -0.25) is 4.79 Å². The third-order valence-corrected chi connectivity index (χ3v) is 3.83. The van der Waals surface area contributed by atoms with Crippen LogP contribution in [-0.4, -0.2) is 19.1 Å². The summed E-state index contributed by atoms with van der Waals surface area (Å²) in [4.78, 5) is 11.9. The molecule has 0 bridgehead atoms. The molecule has 2 atom stereocenters. The SMILES string of the molecule is COc1ccc(CCC(=O)NC2CCCC2C#N)cc1. The van der Waals surface area contributed by atoms with Gasteiger partial charge in [0.15, 0.2) is 0 Å². The molecule has 1 fully saturated rings. The first-order valence-corrected chi connectivity index (χ1v) is 7.05. The number of nitrogens with zero attached hydrogens (tertiary/aromatic N) is 1. The molecule has 0 aliphatic heterocycles. The Hall–Kier alpha value is -2.02. The maximum absolute atomic E-state index is 11.9. The third-order valence-electron chi connectivity index (χ3n) is 3.83. The van der Waals surface area contributed by atoms with Gasteiger partial charge in [-0.15, -0.1) is 0 Å². The minimum Gasteiger partial charge on any atom is -0.497 e. The summed E-state index contributed by atoms with van der Waals surface area (Å²) in [6.07, 6.45) is 4.02. The first-order valence-electron chi connectivity index (χ1n) is 7.05. The normalized spacial score (nSPS) is 21.2. The summed E-state index contributed by atoms with van der Waals surface area (Å²) in [7, 11) is 1.63. The van der Waals surface area contributed by atoms with Crippen molar-refractivity contribution < 1.29 is 9.53 Å². The van der Waals surface area contributed by atoms with Crippen molar-refractivity contribution in [2.45, 2.75) is 38.1 Å². The average molecular weight is 272 g/mol. The Bertz CT molecular complexity index is 490. The van der Waals surface area contributed by atoms with Gasteiger partial charge in [0.25, 0.3) is 0 Å². The summed E-state index contributed by atoms with van der Waals surface area (Å²) in [5, 5.41) is 12.0. The molecule has 1 aliphatic rings. The van der Waals surface area contributed by atoms with Crippen molar-refractivity contribution in [3.05, 3.63) is 29.8 Å². The number of nitrogens with one attached hydrogen (secondary N) is 1. The number of methoxy groups -OCH3 is 1. The number of hydrogen-bond acceptors (Lipinski definition) is 3. The number of amides is 1. The largest absolute Gasteiger partial charge is 0.497 e. The lowest BCUT2D eigenvalue weighted by Gasteiger charge is -2.15. The molecule has 2 unspecified atom stereocenters. The second-order valence-corrected chi connectivity index (χ2v) is 5.19. The van der Waals surface area contributed by atoms with Gasteiger partial charge in [0, 0.05) is 12.5 Å². The van der Waals surface area contributed by atoms with Crippen LogP contribution >= 0.6 is 0 Å². The fraction of sp³-hybridized carbons (Fsp3) is 0.500. The van der Waals surface area contributed by atoms with Gasteiger partial charge in [0.1, 0.15) is 5.75 Å². The topological polar surface area (TPSA) is 62.1 Å². The maximum atomic E-state index is 11.9. The van der Waals surface area contributed by atoms with E-state index in [2.05, 4.69) is 11.4 Å². The molecule has 2 rings (SSSR count). The van der Waals surface area contributed by atoms with Crippen molar-refractivity contribution >= 4 is 5.91 Å². The average Bonchev–Trinajstić information content (AvgIpc) is 2.92. The lowest BCUT2D eigenvalue weighted by atomic mass is 10.0. The highest BCUT2D eigenvalue weighted by Gasteiger charge is 2.28. The molecule has 20 heavy (non-hydrogen) atoms. The number of carbonyl (C=O) groups excluding carboxylic acids is 1. The Morgan fingerprint density at radius 2 is 2.15 bits per heavy atom. The number of carbonyl (C=O) groups is 1. The van der Waals surface area contributed by atoms with Gasteiger partial charge in [-0.05, 0) is 43.4 Å². The molecule has 0 heterocycles. The maximum Gasteiger partial charge on any atom is 0.220 e. The van der Waals surface area contributed by atoms with E-state index in [1.807, 2.05) is 24.3 Å². The van der Waals surface area contributed by atoms with Crippen molar-refractivity contribution in [2.75, 3.05) is 7.11 Å². The van der Waals surface area contributed by atoms with E-state index in [9.17, 15) is 4.79 Å². The van der Waals surface area contributed by atoms with E-state index in [-0.39, 0.29) is 17.9 Å². The van der Waals surface area contributed by atoms with Crippen LogP contribution in [0.5, 0.6) is 5.75 Å². The molecule has 4 heteroatoms. The zero-order chi connectivity index (χ0) is 14.4. The van der Waals surface area contributed by atoms with Crippen LogP contribution in [0.15, 0.2) is 24.3 Å². The quantitative estimate of drug-likeness (QED) is 0.895. The number of ether oxygens (including phenoxy) is 1. The number of benzene rings is 1. The Kier molecular flexibility index (Phi) is 5.00. The molecule has 1 aromatic rings. The van der Waals surface area contributed by atoms with E-state index in [4.69, 9.17) is 10.00 Å². The van der Waals surface area contributed by atoms with Gasteiger partial charge in [0.05, 0.1) is 19.1 Å². The van der Waals surface area contributed by atoms with Crippen molar-refractivity contribution in [1.82, 2.24) is 5.32 Å². The summed E-state index contributed by atoms with van der Waals surface area (Å²) in [6.45, 7) is 0. The van der Waals surface area contributed by atoms with E-state index in [1.165, 1.54) is 0 Å². The molecule has 0 saturated heterocycles. The van der Waals surface area contributed by atoms with E-state index in [0.717, 1.165) is 30.6 Å².